The van der Waals surface area contributed by atoms with E-state index in [0.29, 0.717) is 13.1 Å². The van der Waals surface area contributed by atoms with Crippen LogP contribution in [0.3, 0.4) is 0 Å². The predicted octanol–water partition coefficient (Wildman–Crippen LogP) is 4.29. The molecule has 4 heteroatoms. The smallest absolute Gasteiger partial charge is 0.410 e. The molecule has 0 bridgehead atoms. The van der Waals surface area contributed by atoms with Crippen molar-refractivity contribution < 1.29 is 9.53 Å². The van der Waals surface area contributed by atoms with E-state index in [1.807, 2.05) is 61.5 Å². The standard InChI is InChI=1S/C20H22N2O2/c1-16-8-10-18(11-9-16)14-22(13-17(2)12-21)20(23)24-15-19-6-4-3-5-7-19/h3-11,17H,13-15H2,1-2H3. The SMILES string of the molecule is Cc1ccc(CN(CC(C)C#N)C(=O)OCc2ccccc2)cc1. The van der Waals surface area contributed by atoms with Crippen molar-refractivity contribution >= 4 is 6.09 Å². The third-order valence-electron chi connectivity index (χ3n) is 3.67. The van der Waals surface area contributed by atoms with Crippen LogP contribution in [0.1, 0.15) is 23.6 Å². The fourth-order valence-electron chi connectivity index (χ4n) is 2.30. The average Bonchev–Trinajstić information content (AvgIpc) is 2.61. The van der Waals surface area contributed by atoms with Crippen molar-refractivity contribution in [3.05, 3.63) is 71.3 Å². The van der Waals surface area contributed by atoms with Gasteiger partial charge < -0.3 is 9.64 Å². The minimum absolute atomic E-state index is 0.227. The first kappa shape index (κ1) is 17.6. The van der Waals surface area contributed by atoms with Crippen molar-refractivity contribution in [3.8, 4) is 6.07 Å². The van der Waals surface area contributed by atoms with Crippen LogP contribution in [-0.2, 0) is 17.9 Å². The van der Waals surface area contributed by atoms with E-state index in [9.17, 15) is 4.79 Å². The van der Waals surface area contributed by atoms with E-state index in [0.717, 1.165) is 11.1 Å². The zero-order valence-corrected chi connectivity index (χ0v) is 14.1. The molecule has 1 unspecified atom stereocenters. The maximum atomic E-state index is 12.4. The molecule has 1 amide bonds. The first-order chi connectivity index (χ1) is 11.6. The summed E-state index contributed by atoms with van der Waals surface area (Å²) in [7, 11) is 0. The Hall–Kier alpha value is -2.80. The number of aryl methyl sites for hydroxylation is 1. The lowest BCUT2D eigenvalue weighted by Gasteiger charge is -2.23. The van der Waals surface area contributed by atoms with Crippen molar-refractivity contribution in [2.45, 2.75) is 27.0 Å². The molecule has 0 aliphatic rings. The molecule has 0 fully saturated rings. The van der Waals surface area contributed by atoms with Gasteiger partial charge in [0.2, 0.25) is 0 Å². The number of carbonyl (C=O) groups excluding carboxylic acids is 1. The molecule has 0 spiro atoms. The van der Waals surface area contributed by atoms with Crippen LogP contribution in [-0.4, -0.2) is 17.5 Å². The van der Waals surface area contributed by atoms with Crippen LogP contribution in [0, 0.1) is 24.2 Å². The molecule has 0 saturated heterocycles. The van der Waals surface area contributed by atoms with E-state index in [-0.39, 0.29) is 12.5 Å². The van der Waals surface area contributed by atoms with E-state index in [4.69, 9.17) is 10.00 Å². The predicted molar refractivity (Wildman–Crippen MR) is 93.0 cm³/mol. The van der Waals surface area contributed by atoms with Crippen molar-refractivity contribution in [2.75, 3.05) is 6.54 Å². The minimum atomic E-state index is -0.401. The second-order valence-corrected chi connectivity index (χ2v) is 5.94. The normalized spacial score (nSPS) is 11.4. The topological polar surface area (TPSA) is 53.3 Å². The van der Waals surface area contributed by atoms with Gasteiger partial charge in [0, 0.05) is 13.1 Å². The highest BCUT2D eigenvalue weighted by atomic mass is 16.6. The zero-order valence-electron chi connectivity index (χ0n) is 14.1. The molecule has 0 aliphatic carbocycles. The van der Waals surface area contributed by atoms with Crippen LogP contribution < -0.4 is 0 Å². The number of carbonyl (C=O) groups is 1. The molecule has 0 aliphatic heterocycles. The molecule has 24 heavy (non-hydrogen) atoms. The van der Waals surface area contributed by atoms with Crippen molar-refractivity contribution in [3.63, 3.8) is 0 Å². The number of nitrogens with zero attached hydrogens (tertiary/aromatic N) is 2. The number of rotatable bonds is 6. The third-order valence-corrected chi connectivity index (χ3v) is 3.67. The highest BCUT2D eigenvalue weighted by Gasteiger charge is 2.18. The van der Waals surface area contributed by atoms with Crippen LogP contribution >= 0.6 is 0 Å². The number of amides is 1. The van der Waals surface area contributed by atoms with Gasteiger partial charge in [-0.3, -0.25) is 0 Å². The van der Waals surface area contributed by atoms with E-state index in [1.54, 1.807) is 11.8 Å². The molecule has 2 aromatic carbocycles. The first-order valence-corrected chi connectivity index (χ1v) is 7.99. The molecule has 0 radical (unpaired) electrons. The molecular formula is C20H22N2O2. The highest BCUT2D eigenvalue weighted by molar-refractivity contribution is 5.67. The van der Waals surface area contributed by atoms with Crippen LogP contribution in [0.15, 0.2) is 54.6 Å². The molecule has 1 atom stereocenters. The number of benzene rings is 2. The van der Waals surface area contributed by atoms with Crippen LogP contribution in [0.2, 0.25) is 0 Å². The Morgan fingerprint density at radius 3 is 2.42 bits per heavy atom. The van der Waals surface area contributed by atoms with Crippen molar-refractivity contribution in [2.24, 2.45) is 5.92 Å². The van der Waals surface area contributed by atoms with Crippen LogP contribution in [0.5, 0.6) is 0 Å². The van der Waals surface area contributed by atoms with Crippen LogP contribution in [0.25, 0.3) is 0 Å². The number of nitriles is 1. The second-order valence-electron chi connectivity index (χ2n) is 5.94. The van der Waals surface area contributed by atoms with Gasteiger partial charge in [-0.2, -0.15) is 5.26 Å². The summed E-state index contributed by atoms with van der Waals surface area (Å²) in [5.74, 6) is -0.250. The van der Waals surface area contributed by atoms with Crippen molar-refractivity contribution in [1.82, 2.24) is 4.90 Å². The fraction of sp³-hybridized carbons (Fsp3) is 0.300. The molecule has 4 nitrogen and oxygen atoms in total. The van der Waals surface area contributed by atoms with E-state index in [1.165, 1.54) is 5.56 Å². The summed E-state index contributed by atoms with van der Waals surface area (Å²) >= 11 is 0. The summed E-state index contributed by atoms with van der Waals surface area (Å²) in [5.41, 5.74) is 3.12. The lowest BCUT2D eigenvalue weighted by Crippen LogP contribution is -2.34. The Kier molecular flexibility index (Phi) is 6.39. The Labute approximate surface area is 143 Å². The Morgan fingerprint density at radius 1 is 1.12 bits per heavy atom. The largest absolute Gasteiger partial charge is 0.445 e. The Balaban J connectivity index is 2.02. The van der Waals surface area contributed by atoms with Gasteiger partial charge in [-0.1, -0.05) is 60.2 Å². The quantitative estimate of drug-likeness (QED) is 0.797. The van der Waals surface area contributed by atoms with Gasteiger partial charge in [-0.25, -0.2) is 4.79 Å². The molecule has 0 N–H and O–H groups in total. The zero-order chi connectivity index (χ0) is 17.4. The average molecular weight is 322 g/mol. The minimum Gasteiger partial charge on any atom is -0.445 e. The third kappa shape index (κ3) is 5.44. The molecule has 2 aromatic rings. The first-order valence-electron chi connectivity index (χ1n) is 7.99. The van der Waals surface area contributed by atoms with Gasteiger partial charge in [-0.05, 0) is 25.0 Å². The maximum absolute atomic E-state index is 12.4. The summed E-state index contributed by atoms with van der Waals surface area (Å²) in [5, 5.41) is 9.05. The van der Waals surface area contributed by atoms with E-state index >= 15 is 0 Å². The highest BCUT2D eigenvalue weighted by Crippen LogP contribution is 2.12. The summed E-state index contributed by atoms with van der Waals surface area (Å²) in [4.78, 5) is 14.0. The summed E-state index contributed by atoms with van der Waals surface area (Å²) in [6.45, 7) is 4.82. The van der Waals surface area contributed by atoms with Gasteiger partial charge in [0.05, 0.1) is 12.0 Å². The summed E-state index contributed by atoms with van der Waals surface area (Å²) in [6.07, 6.45) is -0.401. The second kappa shape index (κ2) is 8.73. The molecule has 124 valence electrons. The van der Waals surface area contributed by atoms with Crippen molar-refractivity contribution in [1.29, 1.82) is 5.26 Å². The van der Waals surface area contributed by atoms with Gasteiger partial charge >= 0.3 is 6.09 Å². The lowest BCUT2D eigenvalue weighted by atomic mass is 10.1. The summed E-state index contributed by atoms with van der Waals surface area (Å²) < 4.78 is 5.41. The van der Waals surface area contributed by atoms with E-state index < -0.39 is 6.09 Å². The molecule has 0 heterocycles. The monoisotopic (exact) mass is 322 g/mol. The number of ether oxygens (including phenoxy) is 1. The van der Waals surface area contributed by atoms with Gasteiger partial charge in [0.15, 0.2) is 0 Å². The molecule has 0 saturated carbocycles. The maximum Gasteiger partial charge on any atom is 0.410 e. The molecule has 2 rings (SSSR count). The Bertz CT molecular complexity index is 690. The van der Waals surface area contributed by atoms with E-state index in [2.05, 4.69) is 6.07 Å². The Morgan fingerprint density at radius 2 is 1.79 bits per heavy atom. The number of hydrogen-bond donors (Lipinski definition) is 0. The fourth-order valence-corrected chi connectivity index (χ4v) is 2.30. The molecular weight excluding hydrogens is 300 g/mol. The van der Waals surface area contributed by atoms with Gasteiger partial charge in [-0.15, -0.1) is 0 Å². The van der Waals surface area contributed by atoms with Gasteiger partial charge in [0.25, 0.3) is 0 Å². The summed E-state index contributed by atoms with van der Waals surface area (Å²) in [6, 6.07) is 19.7. The number of hydrogen-bond acceptors (Lipinski definition) is 3. The lowest BCUT2D eigenvalue weighted by molar-refractivity contribution is 0.0909. The van der Waals surface area contributed by atoms with Gasteiger partial charge in [0.1, 0.15) is 6.61 Å². The van der Waals surface area contributed by atoms with Crippen LogP contribution in [0.4, 0.5) is 4.79 Å². The molecule has 0 aromatic heterocycles.